The molecule has 0 spiro atoms. The van der Waals surface area contributed by atoms with E-state index >= 15 is 0 Å². The summed E-state index contributed by atoms with van der Waals surface area (Å²) >= 11 is 0. The number of aryl methyl sites for hydroxylation is 2. The van der Waals surface area contributed by atoms with E-state index in [-0.39, 0.29) is 12.3 Å². The van der Waals surface area contributed by atoms with E-state index in [9.17, 15) is 24.6 Å². The molecule has 0 heterocycles. The van der Waals surface area contributed by atoms with Crippen molar-refractivity contribution >= 4 is 23.6 Å². The van der Waals surface area contributed by atoms with Crippen molar-refractivity contribution in [2.45, 2.75) is 72.1 Å². The van der Waals surface area contributed by atoms with Crippen LogP contribution in [0.5, 0.6) is 5.75 Å². The lowest BCUT2D eigenvalue weighted by Crippen LogP contribution is -2.54. The largest absolute Gasteiger partial charge is 0.508 e. The summed E-state index contributed by atoms with van der Waals surface area (Å²) in [6.45, 7) is 10.1. The topological polar surface area (TPSA) is 128 Å². The molecule has 2 aromatic rings. The quantitative estimate of drug-likeness (QED) is 0.377. The number of aromatic hydroxyl groups is 1. The van der Waals surface area contributed by atoms with Gasteiger partial charge in [0.25, 0.3) is 5.91 Å². The molecule has 202 valence electrons. The van der Waals surface area contributed by atoms with Crippen molar-refractivity contribution in [3.63, 3.8) is 0 Å². The molecule has 2 aromatic carbocycles. The van der Waals surface area contributed by atoms with Crippen LogP contribution in [0.15, 0.2) is 42.5 Å². The van der Waals surface area contributed by atoms with Crippen LogP contribution in [-0.4, -0.2) is 57.8 Å². The first-order chi connectivity index (χ1) is 17.4. The molecule has 2 rings (SSSR count). The van der Waals surface area contributed by atoms with Crippen LogP contribution in [0.2, 0.25) is 0 Å². The first-order valence-corrected chi connectivity index (χ1v) is 12.4. The van der Waals surface area contributed by atoms with Gasteiger partial charge in [-0.3, -0.25) is 9.59 Å². The van der Waals surface area contributed by atoms with Crippen LogP contribution in [0.25, 0.3) is 0 Å². The van der Waals surface area contributed by atoms with E-state index in [2.05, 4.69) is 10.6 Å². The second-order valence-corrected chi connectivity index (χ2v) is 10.0. The second-order valence-electron chi connectivity index (χ2n) is 10.0. The zero-order valence-electron chi connectivity index (χ0n) is 22.5. The predicted molar refractivity (Wildman–Crippen MR) is 142 cm³/mol. The fourth-order valence-electron chi connectivity index (χ4n) is 3.77. The number of hydrogen-bond donors (Lipinski definition) is 4. The predicted octanol–water partition coefficient (Wildman–Crippen LogP) is 4.20. The Morgan fingerprint density at radius 3 is 2.30 bits per heavy atom. The fourth-order valence-corrected chi connectivity index (χ4v) is 3.77. The molecule has 0 bridgehead atoms. The van der Waals surface area contributed by atoms with Crippen molar-refractivity contribution in [3.05, 3.63) is 59.2 Å². The maximum atomic E-state index is 13.7. The number of nitrogens with zero attached hydrogens (tertiary/aromatic N) is 1. The van der Waals surface area contributed by atoms with Crippen molar-refractivity contribution in [1.82, 2.24) is 10.2 Å². The van der Waals surface area contributed by atoms with Gasteiger partial charge in [-0.1, -0.05) is 37.6 Å². The van der Waals surface area contributed by atoms with Gasteiger partial charge in [-0.2, -0.15) is 0 Å². The molecule has 0 saturated carbocycles. The summed E-state index contributed by atoms with van der Waals surface area (Å²) in [4.78, 5) is 41.2. The molecule has 2 atom stereocenters. The molecule has 2 unspecified atom stereocenters. The number of carbonyl (C=O) groups is 3. The third-order valence-corrected chi connectivity index (χ3v) is 5.71. The number of aliphatic hydroxyl groups is 1. The highest BCUT2D eigenvalue weighted by atomic mass is 16.6. The Morgan fingerprint density at radius 1 is 1.05 bits per heavy atom. The maximum absolute atomic E-state index is 13.7. The van der Waals surface area contributed by atoms with Crippen molar-refractivity contribution in [1.29, 1.82) is 0 Å². The molecule has 3 amide bonds. The number of amides is 3. The summed E-state index contributed by atoms with van der Waals surface area (Å²) in [5.41, 5.74) is 1.68. The maximum Gasteiger partial charge on any atom is 0.408 e. The molecule has 9 heteroatoms. The van der Waals surface area contributed by atoms with Gasteiger partial charge in [-0.05, 0) is 75.9 Å². The number of hydrogen-bond acceptors (Lipinski definition) is 6. The van der Waals surface area contributed by atoms with Crippen molar-refractivity contribution in [2.75, 3.05) is 18.5 Å². The molecule has 4 N–H and O–H groups in total. The lowest BCUT2D eigenvalue weighted by atomic mass is 9.99. The third kappa shape index (κ3) is 8.49. The van der Waals surface area contributed by atoms with Gasteiger partial charge in [-0.15, -0.1) is 0 Å². The van der Waals surface area contributed by atoms with Crippen LogP contribution in [-0.2, 0) is 14.3 Å². The molecular formula is C28H39N3O6. The van der Waals surface area contributed by atoms with Gasteiger partial charge in [0.2, 0.25) is 5.91 Å². The number of phenolic OH excluding ortho intramolecular Hbond substituents is 1. The molecule has 0 aromatic heterocycles. The summed E-state index contributed by atoms with van der Waals surface area (Å²) in [7, 11) is 0. The number of benzene rings is 2. The summed E-state index contributed by atoms with van der Waals surface area (Å²) in [6.07, 6.45) is 0.478. The highest BCUT2D eigenvalue weighted by Crippen LogP contribution is 2.29. The van der Waals surface area contributed by atoms with E-state index in [4.69, 9.17) is 4.74 Å². The normalized spacial score (nSPS) is 12.8. The smallest absolute Gasteiger partial charge is 0.408 e. The number of carbonyl (C=O) groups excluding carboxylic acids is 3. The first kappa shape index (κ1) is 29.6. The number of para-hydroxylation sites is 1. The van der Waals surface area contributed by atoms with E-state index in [0.29, 0.717) is 23.2 Å². The Kier molecular flexibility index (Phi) is 10.5. The number of anilines is 1. The minimum atomic E-state index is -1.32. The number of nitrogens with one attached hydrogen (secondary N) is 2. The Bertz CT molecular complexity index is 1100. The average molecular weight is 514 g/mol. The number of unbranched alkanes of at least 4 members (excludes halogenated alkanes) is 1. The molecule has 0 fully saturated rings. The van der Waals surface area contributed by atoms with Gasteiger partial charge in [0, 0.05) is 12.2 Å². The average Bonchev–Trinajstić information content (AvgIpc) is 2.82. The molecule has 0 saturated heterocycles. The Balaban J connectivity index is 2.51. The molecular weight excluding hydrogens is 474 g/mol. The SMILES string of the molecule is CCCCN(C(=O)C(CO)NC(=O)OC(C)(C)C)C(C(=O)Nc1ccccc1C)c1ccc(O)c(C)c1. The highest BCUT2D eigenvalue weighted by Gasteiger charge is 2.36. The van der Waals surface area contributed by atoms with E-state index in [1.54, 1.807) is 52.0 Å². The Morgan fingerprint density at radius 2 is 1.73 bits per heavy atom. The van der Waals surface area contributed by atoms with Crippen molar-refractivity contribution in [3.8, 4) is 5.75 Å². The minimum Gasteiger partial charge on any atom is -0.508 e. The third-order valence-electron chi connectivity index (χ3n) is 5.71. The lowest BCUT2D eigenvalue weighted by molar-refractivity contribution is -0.141. The summed E-state index contributed by atoms with van der Waals surface area (Å²) < 4.78 is 5.26. The second kappa shape index (κ2) is 13.1. The molecule has 0 radical (unpaired) electrons. The van der Waals surface area contributed by atoms with Gasteiger partial charge < -0.3 is 30.5 Å². The van der Waals surface area contributed by atoms with Gasteiger partial charge in [0.15, 0.2) is 0 Å². The lowest BCUT2D eigenvalue weighted by Gasteiger charge is -2.34. The summed E-state index contributed by atoms with van der Waals surface area (Å²) in [5, 5.41) is 25.4. The van der Waals surface area contributed by atoms with Crippen LogP contribution in [0, 0.1) is 13.8 Å². The van der Waals surface area contributed by atoms with E-state index in [1.165, 1.54) is 11.0 Å². The van der Waals surface area contributed by atoms with Crippen LogP contribution >= 0.6 is 0 Å². The monoisotopic (exact) mass is 513 g/mol. The van der Waals surface area contributed by atoms with Gasteiger partial charge in [0.05, 0.1) is 6.61 Å². The molecule has 37 heavy (non-hydrogen) atoms. The standard InChI is InChI=1S/C28H39N3O6/c1-7-8-15-31(26(35)22(17-32)30-27(36)37-28(4,5)6)24(20-13-14-23(33)19(3)16-20)25(34)29-21-12-10-9-11-18(21)2/h9-14,16,22,24,32-33H,7-8,15,17H2,1-6H3,(H,29,34)(H,30,36). The van der Waals surface area contributed by atoms with E-state index in [1.807, 2.05) is 26.0 Å². The molecule has 0 aliphatic heterocycles. The zero-order valence-corrected chi connectivity index (χ0v) is 22.5. The molecule has 0 aliphatic carbocycles. The first-order valence-electron chi connectivity index (χ1n) is 12.4. The number of phenols is 1. The Hall–Kier alpha value is -3.59. The number of alkyl carbamates (subject to hydrolysis) is 1. The van der Waals surface area contributed by atoms with Gasteiger partial charge in [-0.25, -0.2) is 4.79 Å². The van der Waals surface area contributed by atoms with E-state index < -0.39 is 42.2 Å². The van der Waals surface area contributed by atoms with Crippen LogP contribution in [0.3, 0.4) is 0 Å². The van der Waals surface area contributed by atoms with Crippen LogP contribution in [0.1, 0.15) is 63.3 Å². The van der Waals surface area contributed by atoms with Crippen LogP contribution < -0.4 is 10.6 Å². The fraction of sp³-hybridized carbons (Fsp3) is 0.464. The Labute approximate surface area is 218 Å². The minimum absolute atomic E-state index is 0.0630. The van der Waals surface area contributed by atoms with Crippen LogP contribution in [0.4, 0.5) is 10.5 Å². The highest BCUT2D eigenvalue weighted by molar-refractivity contribution is 5.99. The number of aliphatic hydroxyl groups excluding tert-OH is 1. The van der Waals surface area contributed by atoms with Gasteiger partial charge in [0.1, 0.15) is 23.4 Å². The van der Waals surface area contributed by atoms with Crippen molar-refractivity contribution in [2.24, 2.45) is 0 Å². The number of rotatable bonds is 10. The van der Waals surface area contributed by atoms with Crippen molar-refractivity contribution < 1.29 is 29.3 Å². The summed E-state index contributed by atoms with van der Waals surface area (Å²) in [6, 6.07) is 9.60. The van der Waals surface area contributed by atoms with Gasteiger partial charge >= 0.3 is 6.09 Å². The van der Waals surface area contributed by atoms with E-state index in [0.717, 1.165) is 12.0 Å². The zero-order chi connectivity index (χ0) is 27.8. The molecule has 9 nitrogen and oxygen atoms in total. The number of ether oxygens (including phenoxy) is 1. The summed E-state index contributed by atoms with van der Waals surface area (Å²) in [5.74, 6) is -1.02. The molecule has 0 aliphatic rings.